The van der Waals surface area contributed by atoms with Crippen LogP contribution in [0.15, 0.2) is 28.8 Å². The van der Waals surface area contributed by atoms with Gasteiger partial charge in [0.25, 0.3) is 5.91 Å². The first kappa shape index (κ1) is 19.5. The number of likely N-dealkylation sites (tertiary alicyclic amines) is 1. The molecule has 0 radical (unpaired) electrons. The molecule has 0 saturated carbocycles. The summed E-state index contributed by atoms with van der Waals surface area (Å²) in [6, 6.07) is 6.74. The molecule has 1 aliphatic heterocycles. The van der Waals surface area contributed by atoms with E-state index in [4.69, 9.17) is 25.6 Å². The van der Waals surface area contributed by atoms with E-state index < -0.39 is 0 Å². The Morgan fingerprint density at radius 2 is 2.26 bits per heavy atom. The Morgan fingerprint density at radius 3 is 3.00 bits per heavy atom. The number of hydrogen-bond acceptors (Lipinski definition) is 6. The highest BCUT2D eigenvalue weighted by molar-refractivity contribution is 6.32. The molecule has 1 aromatic carbocycles. The maximum absolute atomic E-state index is 12.7. The number of halogens is 1. The van der Waals surface area contributed by atoms with Gasteiger partial charge in [-0.1, -0.05) is 16.8 Å². The largest absolute Gasteiger partial charge is 0.497 e. The van der Waals surface area contributed by atoms with Crippen molar-refractivity contribution in [3.8, 4) is 11.5 Å². The SMILES string of the molecule is COc1ccc(OCc2cc(C(=O)N3CCCC[C@@H]3CCO)no2)c(Cl)c1. The van der Waals surface area contributed by atoms with Gasteiger partial charge in [0, 0.05) is 31.3 Å². The normalized spacial score (nSPS) is 17.0. The van der Waals surface area contributed by atoms with Crippen LogP contribution in [0.3, 0.4) is 0 Å². The summed E-state index contributed by atoms with van der Waals surface area (Å²) in [5.74, 6) is 1.38. The Balaban J connectivity index is 1.63. The molecular weight excluding hydrogens is 372 g/mol. The number of nitrogens with zero attached hydrogens (tertiary/aromatic N) is 2. The third kappa shape index (κ3) is 4.73. The first-order chi connectivity index (χ1) is 13.1. The molecule has 2 aromatic rings. The molecule has 1 saturated heterocycles. The number of amides is 1. The monoisotopic (exact) mass is 394 g/mol. The average molecular weight is 395 g/mol. The molecule has 1 amide bonds. The molecular formula is C19H23ClN2O5. The zero-order chi connectivity index (χ0) is 19.2. The number of aliphatic hydroxyl groups is 1. The smallest absolute Gasteiger partial charge is 0.276 e. The van der Waals surface area contributed by atoms with E-state index in [9.17, 15) is 9.90 Å². The summed E-state index contributed by atoms with van der Waals surface area (Å²) in [6.07, 6.45) is 3.50. The number of piperidine rings is 1. The minimum atomic E-state index is -0.175. The Labute approximate surface area is 162 Å². The van der Waals surface area contributed by atoms with E-state index in [0.29, 0.717) is 35.2 Å². The fourth-order valence-corrected chi connectivity index (χ4v) is 3.45. The third-order valence-corrected chi connectivity index (χ3v) is 4.93. The summed E-state index contributed by atoms with van der Waals surface area (Å²) in [6.45, 7) is 0.838. The van der Waals surface area contributed by atoms with Gasteiger partial charge in [0.2, 0.25) is 0 Å². The second-order valence-corrected chi connectivity index (χ2v) is 6.83. The molecule has 0 unspecified atom stereocenters. The molecule has 27 heavy (non-hydrogen) atoms. The lowest BCUT2D eigenvalue weighted by Crippen LogP contribution is -2.44. The van der Waals surface area contributed by atoms with Crippen LogP contribution in [0.1, 0.15) is 41.9 Å². The van der Waals surface area contributed by atoms with Crippen LogP contribution in [0.4, 0.5) is 0 Å². The molecule has 0 spiro atoms. The molecule has 8 heteroatoms. The van der Waals surface area contributed by atoms with E-state index in [1.807, 2.05) is 0 Å². The topological polar surface area (TPSA) is 85.0 Å². The lowest BCUT2D eigenvalue weighted by atomic mass is 9.99. The fourth-order valence-electron chi connectivity index (χ4n) is 3.22. The van der Waals surface area contributed by atoms with E-state index in [2.05, 4.69) is 5.16 Å². The van der Waals surface area contributed by atoms with Gasteiger partial charge in [0.1, 0.15) is 18.1 Å². The van der Waals surface area contributed by atoms with E-state index in [1.165, 1.54) is 0 Å². The first-order valence-electron chi connectivity index (χ1n) is 8.96. The number of aromatic nitrogens is 1. The molecule has 1 aliphatic rings. The highest BCUT2D eigenvalue weighted by atomic mass is 35.5. The van der Waals surface area contributed by atoms with Gasteiger partial charge in [-0.3, -0.25) is 4.79 Å². The van der Waals surface area contributed by atoms with Gasteiger partial charge in [-0.25, -0.2) is 0 Å². The molecule has 0 bridgehead atoms. The zero-order valence-corrected chi connectivity index (χ0v) is 15.9. The van der Waals surface area contributed by atoms with Crippen LogP contribution in [0, 0.1) is 0 Å². The number of carbonyl (C=O) groups excluding carboxylic acids is 1. The number of ether oxygens (including phenoxy) is 2. The Morgan fingerprint density at radius 1 is 1.41 bits per heavy atom. The van der Waals surface area contributed by atoms with Crippen LogP contribution in [0.5, 0.6) is 11.5 Å². The van der Waals surface area contributed by atoms with Gasteiger partial charge in [-0.05, 0) is 37.8 Å². The van der Waals surface area contributed by atoms with Gasteiger partial charge in [-0.2, -0.15) is 0 Å². The van der Waals surface area contributed by atoms with Crippen molar-refractivity contribution in [1.82, 2.24) is 10.1 Å². The van der Waals surface area contributed by atoms with Crippen molar-refractivity contribution in [2.75, 3.05) is 20.3 Å². The summed E-state index contributed by atoms with van der Waals surface area (Å²) in [5.41, 5.74) is 0.249. The van der Waals surface area contributed by atoms with Crippen molar-refractivity contribution in [2.24, 2.45) is 0 Å². The van der Waals surface area contributed by atoms with Gasteiger partial charge in [-0.15, -0.1) is 0 Å². The quantitative estimate of drug-likeness (QED) is 0.775. The van der Waals surface area contributed by atoms with Crippen molar-refractivity contribution >= 4 is 17.5 Å². The van der Waals surface area contributed by atoms with Crippen molar-refractivity contribution in [3.63, 3.8) is 0 Å². The van der Waals surface area contributed by atoms with Gasteiger partial charge < -0.3 is 24.0 Å². The summed E-state index contributed by atoms with van der Waals surface area (Å²) in [4.78, 5) is 14.5. The van der Waals surface area contributed by atoms with E-state index in [-0.39, 0.29) is 30.9 Å². The fraction of sp³-hybridized carbons (Fsp3) is 0.474. The van der Waals surface area contributed by atoms with Crippen LogP contribution in [0.25, 0.3) is 0 Å². The average Bonchev–Trinajstić information content (AvgIpc) is 3.16. The summed E-state index contributed by atoms with van der Waals surface area (Å²) < 4.78 is 16.0. The lowest BCUT2D eigenvalue weighted by molar-refractivity contribution is 0.0564. The molecule has 1 aromatic heterocycles. The van der Waals surface area contributed by atoms with Crippen LogP contribution in [-0.2, 0) is 6.61 Å². The number of benzene rings is 1. The van der Waals surface area contributed by atoms with E-state index in [1.54, 1.807) is 36.3 Å². The Kier molecular flexibility index (Phi) is 6.58. The number of carbonyl (C=O) groups is 1. The van der Waals surface area contributed by atoms with Gasteiger partial charge >= 0.3 is 0 Å². The number of aliphatic hydroxyl groups excluding tert-OH is 1. The van der Waals surface area contributed by atoms with Gasteiger partial charge in [0.15, 0.2) is 11.5 Å². The molecule has 3 rings (SSSR count). The summed E-state index contributed by atoms with van der Waals surface area (Å²) in [5, 5.41) is 13.5. The minimum Gasteiger partial charge on any atom is -0.497 e. The minimum absolute atomic E-state index is 0.0470. The Bertz CT molecular complexity index is 777. The van der Waals surface area contributed by atoms with Crippen LogP contribution in [0.2, 0.25) is 5.02 Å². The highest BCUT2D eigenvalue weighted by Crippen LogP contribution is 2.29. The molecule has 1 N–H and O–H groups in total. The van der Waals surface area contributed by atoms with E-state index in [0.717, 1.165) is 19.3 Å². The maximum atomic E-state index is 12.7. The van der Waals surface area contributed by atoms with Crippen molar-refractivity contribution in [3.05, 3.63) is 40.7 Å². The standard InChI is InChI=1S/C19H23ClN2O5/c1-25-14-5-6-18(16(20)10-14)26-12-15-11-17(21-27-15)19(24)22-8-3-2-4-13(22)7-9-23/h5-6,10-11,13,23H,2-4,7-9,12H2,1H3/t13-/m1/s1. The molecule has 1 fully saturated rings. The van der Waals surface area contributed by atoms with Crippen molar-refractivity contribution in [1.29, 1.82) is 0 Å². The number of rotatable bonds is 7. The summed E-state index contributed by atoms with van der Waals surface area (Å²) in [7, 11) is 1.56. The van der Waals surface area contributed by atoms with Crippen LogP contribution >= 0.6 is 11.6 Å². The molecule has 7 nitrogen and oxygen atoms in total. The van der Waals surface area contributed by atoms with Gasteiger partial charge in [0.05, 0.1) is 12.1 Å². The molecule has 1 atom stereocenters. The highest BCUT2D eigenvalue weighted by Gasteiger charge is 2.29. The van der Waals surface area contributed by atoms with E-state index >= 15 is 0 Å². The molecule has 0 aliphatic carbocycles. The first-order valence-corrected chi connectivity index (χ1v) is 9.34. The second-order valence-electron chi connectivity index (χ2n) is 6.42. The zero-order valence-electron chi connectivity index (χ0n) is 15.2. The van der Waals surface area contributed by atoms with Crippen molar-refractivity contribution < 1.29 is 23.9 Å². The third-order valence-electron chi connectivity index (χ3n) is 4.64. The Hall–Kier alpha value is -2.25. The molecule has 146 valence electrons. The van der Waals surface area contributed by atoms with Crippen LogP contribution < -0.4 is 9.47 Å². The lowest BCUT2D eigenvalue weighted by Gasteiger charge is -2.34. The van der Waals surface area contributed by atoms with Crippen molar-refractivity contribution in [2.45, 2.75) is 38.3 Å². The predicted molar refractivity (Wildman–Crippen MR) is 99.2 cm³/mol. The number of methoxy groups -OCH3 is 1. The number of hydrogen-bond donors (Lipinski definition) is 1. The second kappa shape index (κ2) is 9.10. The predicted octanol–water partition coefficient (Wildman–Crippen LogP) is 3.29. The molecule has 2 heterocycles. The van der Waals surface area contributed by atoms with Crippen LogP contribution in [-0.4, -0.2) is 47.4 Å². The maximum Gasteiger partial charge on any atom is 0.276 e. The summed E-state index contributed by atoms with van der Waals surface area (Å²) >= 11 is 6.14.